The fraction of sp³-hybridized carbons (Fsp3) is 0.312. The molecule has 2 N–H and O–H groups in total. The van der Waals surface area contributed by atoms with E-state index in [1.807, 2.05) is 0 Å². The first-order chi connectivity index (χ1) is 12.3. The van der Waals surface area contributed by atoms with Gasteiger partial charge in [0, 0.05) is 6.04 Å². The summed E-state index contributed by atoms with van der Waals surface area (Å²) in [4.78, 5) is 4.17. The number of hydrogen-bond donors (Lipinski definition) is 2. The van der Waals surface area contributed by atoms with Gasteiger partial charge in [-0.2, -0.15) is 0 Å². The average molecular weight is 397 g/mol. The van der Waals surface area contributed by atoms with Crippen molar-refractivity contribution >= 4 is 31.4 Å². The molecule has 2 heterocycles. The molecule has 1 unspecified atom stereocenters. The summed E-state index contributed by atoms with van der Waals surface area (Å²) < 4.78 is 55.1. The highest BCUT2D eigenvalue weighted by Gasteiger charge is 2.27. The summed E-state index contributed by atoms with van der Waals surface area (Å²) >= 11 is 0. The number of sulfone groups is 1. The molecular formula is C16H19N3O5S2. The van der Waals surface area contributed by atoms with Crippen LogP contribution in [0.2, 0.25) is 0 Å². The van der Waals surface area contributed by atoms with Crippen molar-refractivity contribution in [2.24, 2.45) is 0 Å². The first-order valence-electron chi connectivity index (χ1n) is 7.87. The molecule has 1 aromatic heterocycles. The average Bonchev–Trinajstić information content (AvgIpc) is 2.95. The van der Waals surface area contributed by atoms with Crippen LogP contribution in [0.1, 0.15) is 6.42 Å². The first-order valence-corrected chi connectivity index (χ1v) is 11.2. The molecule has 0 saturated carbocycles. The molecule has 1 atom stereocenters. The maximum Gasteiger partial charge on any atom is 0.263 e. The van der Waals surface area contributed by atoms with E-state index in [2.05, 4.69) is 15.0 Å². The van der Waals surface area contributed by atoms with E-state index in [4.69, 9.17) is 4.74 Å². The van der Waals surface area contributed by atoms with Crippen LogP contribution in [-0.2, 0) is 19.9 Å². The molecule has 1 fully saturated rings. The Morgan fingerprint density at radius 1 is 1.15 bits per heavy atom. The monoisotopic (exact) mass is 397 g/mol. The zero-order chi connectivity index (χ0) is 18.8. The molecule has 10 heteroatoms. The van der Waals surface area contributed by atoms with Gasteiger partial charge in [0.2, 0.25) is 0 Å². The van der Waals surface area contributed by atoms with Crippen LogP contribution in [0.3, 0.4) is 0 Å². The highest BCUT2D eigenvalue weighted by Crippen LogP contribution is 2.20. The molecule has 0 spiro atoms. The van der Waals surface area contributed by atoms with Crippen LogP contribution in [0.5, 0.6) is 5.75 Å². The minimum Gasteiger partial charge on any atom is -0.497 e. The Labute approximate surface area is 152 Å². The van der Waals surface area contributed by atoms with Crippen molar-refractivity contribution < 1.29 is 21.6 Å². The van der Waals surface area contributed by atoms with Gasteiger partial charge in [0.25, 0.3) is 10.0 Å². The maximum absolute atomic E-state index is 12.4. The number of sulfonamides is 1. The number of rotatable bonds is 6. The minimum absolute atomic E-state index is 0.0958. The van der Waals surface area contributed by atoms with Crippen LogP contribution in [-0.4, -0.2) is 46.5 Å². The third kappa shape index (κ3) is 4.44. The van der Waals surface area contributed by atoms with Crippen molar-refractivity contribution in [1.82, 2.24) is 4.98 Å². The maximum atomic E-state index is 12.4. The molecule has 1 saturated heterocycles. The molecule has 3 rings (SSSR count). The number of pyridine rings is 1. The number of benzene rings is 1. The third-order valence-corrected chi connectivity index (χ3v) is 7.11. The Kier molecular flexibility index (Phi) is 5.05. The van der Waals surface area contributed by atoms with Crippen LogP contribution < -0.4 is 14.8 Å². The van der Waals surface area contributed by atoms with E-state index in [0.29, 0.717) is 17.9 Å². The van der Waals surface area contributed by atoms with Gasteiger partial charge in [-0.05, 0) is 42.8 Å². The van der Waals surface area contributed by atoms with Crippen molar-refractivity contribution in [3.63, 3.8) is 0 Å². The molecule has 1 aliphatic heterocycles. The predicted molar refractivity (Wildman–Crippen MR) is 98.7 cm³/mol. The number of hydrogen-bond acceptors (Lipinski definition) is 7. The Bertz CT molecular complexity index is 972. The Morgan fingerprint density at radius 2 is 1.88 bits per heavy atom. The zero-order valence-corrected chi connectivity index (χ0v) is 15.7. The van der Waals surface area contributed by atoms with Gasteiger partial charge in [-0.25, -0.2) is 21.8 Å². The number of aromatic nitrogens is 1. The summed E-state index contributed by atoms with van der Waals surface area (Å²) in [5, 5.41) is 3.10. The molecule has 1 aromatic carbocycles. The molecule has 140 valence electrons. The number of methoxy groups -OCH3 is 1. The standard InChI is InChI=1S/C16H19N3O5S2/c1-24-14-3-5-15(6-4-14)26(22,23)19-16-7-2-12(10-17-16)18-13-8-9-25(20,21)11-13/h2-7,10,13,18H,8-9,11H2,1H3,(H,17,19). The van der Waals surface area contributed by atoms with E-state index < -0.39 is 19.9 Å². The van der Waals surface area contributed by atoms with Crippen molar-refractivity contribution in [3.8, 4) is 5.75 Å². The number of anilines is 2. The predicted octanol–water partition coefficient (Wildman–Crippen LogP) is 1.49. The Hall–Kier alpha value is -2.33. The SMILES string of the molecule is COc1ccc(S(=O)(=O)Nc2ccc(NC3CCS(=O)(=O)C3)cn2)cc1. The van der Waals surface area contributed by atoms with Crippen molar-refractivity contribution in [2.75, 3.05) is 28.7 Å². The van der Waals surface area contributed by atoms with Crippen LogP contribution in [0, 0.1) is 0 Å². The van der Waals surface area contributed by atoms with E-state index >= 15 is 0 Å². The van der Waals surface area contributed by atoms with E-state index in [9.17, 15) is 16.8 Å². The lowest BCUT2D eigenvalue weighted by Crippen LogP contribution is -2.20. The van der Waals surface area contributed by atoms with E-state index in [0.717, 1.165) is 0 Å². The summed E-state index contributed by atoms with van der Waals surface area (Å²) in [5.74, 6) is 1.01. The zero-order valence-electron chi connectivity index (χ0n) is 14.0. The fourth-order valence-electron chi connectivity index (χ4n) is 2.64. The number of nitrogens with zero attached hydrogens (tertiary/aromatic N) is 1. The molecule has 2 aromatic rings. The summed E-state index contributed by atoms with van der Waals surface area (Å²) in [6.45, 7) is 0. The molecule has 26 heavy (non-hydrogen) atoms. The smallest absolute Gasteiger partial charge is 0.263 e. The Balaban J connectivity index is 1.66. The lowest BCUT2D eigenvalue weighted by Gasteiger charge is -2.13. The molecule has 0 bridgehead atoms. The normalized spacial score (nSPS) is 19.0. The summed E-state index contributed by atoms with van der Waals surface area (Å²) in [7, 11) is -5.22. The summed E-state index contributed by atoms with van der Waals surface area (Å²) in [5.41, 5.74) is 0.638. The lowest BCUT2D eigenvalue weighted by atomic mass is 10.2. The van der Waals surface area contributed by atoms with Crippen LogP contribution in [0.15, 0.2) is 47.5 Å². The molecule has 0 radical (unpaired) electrons. The van der Waals surface area contributed by atoms with Gasteiger partial charge >= 0.3 is 0 Å². The molecule has 0 amide bonds. The molecule has 0 aliphatic carbocycles. The van der Waals surface area contributed by atoms with E-state index in [-0.39, 0.29) is 28.3 Å². The van der Waals surface area contributed by atoms with Crippen LogP contribution in [0.25, 0.3) is 0 Å². The summed E-state index contributed by atoms with van der Waals surface area (Å²) in [6, 6.07) is 9.03. The van der Waals surface area contributed by atoms with Gasteiger partial charge in [0.1, 0.15) is 11.6 Å². The minimum atomic E-state index is -3.76. The fourth-order valence-corrected chi connectivity index (χ4v) is 5.32. The highest BCUT2D eigenvalue weighted by atomic mass is 32.2. The van der Waals surface area contributed by atoms with Crippen LogP contribution in [0.4, 0.5) is 11.5 Å². The van der Waals surface area contributed by atoms with Gasteiger partial charge in [-0.15, -0.1) is 0 Å². The quantitative estimate of drug-likeness (QED) is 0.759. The van der Waals surface area contributed by atoms with Gasteiger partial charge in [-0.3, -0.25) is 4.72 Å². The van der Waals surface area contributed by atoms with Crippen molar-refractivity contribution in [2.45, 2.75) is 17.4 Å². The van der Waals surface area contributed by atoms with Gasteiger partial charge in [-0.1, -0.05) is 0 Å². The molecular weight excluding hydrogens is 378 g/mol. The highest BCUT2D eigenvalue weighted by molar-refractivity contribution is 7.92. The molecule has 1 aliphatic rings. The summed E-state index contributed by atoms with van der Waals surface area (Å²) in [6.07, 6.45) is 2.02. The molecule has 8 nitrogen and oxygen atoms in total. The number of ether oxygens (including phenoxy) is 1. The third-order valence-electron chi connectivity index (χ3n) is 3.98. The van der Waals surface area contributed by atoms with Crippen molar-refractivity contribution in [3.05, 3.63) is 42.6 Å². The second-order valence-corrected chi connectivity index (χ2v) is 9.87. The lowest BCUT2D eigenvalue weighted by molar-refractivity contribution is 0.414. The topological polar surface area (TPSA) is 114 Å². The second kappa shape index (κ2) is 7.12. The Morgan fingerprint density at radius 3 is 2.42 bits per heavy atom. The van der Waals surface area contributed by atoms with Crippen LogP contribution >= 0.6 is 0 Å². The van der Waals surface area contributed by atoms with E-state index in [1.54, 1.807) is 18.2 Å². The van der Waals surface area contributed by atoms with Gasteiger partial charge in [0.05, 0.1) is 35.4 Å². The second-order valence-electron chi connectivity index (χ2n) is 5.96. The van der Waals surface area contributed by atoms with E-state index in [1.165, 1.54) is 31.5 Å². The van der Waals surface area contributed by atoms with Crippen molar-refractivity contribution in [1.29, 1.82) is 0 Å². The van der Waals surface area contributed by atoms with Gasteiger partial charge < -0.3 is 10.1 Å². The van der Waals surface area contributed by atoms with Gasteiger partial charge in [0.15, 0.2) is 9.84 Å². The number of nitrogens with one attached hydrogen (secondary N) is 2. The first kappa shape index (κ1) is 18.5. The largest absolute Gasteiger partial charge is 0.497 e.